The summed E-state index contributed by atoms with van der Waals surface area (Å²) in [5, 5.41) is 23.8. The van der Waals surface area contributed by atoms with Crippen LogP contribution in [0.4, 0.5) is 19.0 Å². The van der Waals surface area contributed by atoms with Crippen molar-refractivity contribution in [1.29, 1.82) is 0 Å². The Bertz CT molecular complexity index is 889. The number of aryl methyl sites for hydroxylation is 1. The van der Waals surface area contributed by atoms with Crippen LogP contribution in [-0.2, 0) is 14.2 Å². The van der Waals surface area contributed by atoms with Gasteiger partial charge in [0.25, 0.3) is 0 Å². The first-order valence-electron chi connectivity index (χ1n) is 9.50. The van der Waals surface area contributed by atoms with E-state index < -0.39 is 37.5 Å². The summed E-state index contributed by atoms with van der Waals surface area (Å²) in [6.45, 7) is 2.02. The number of alkyl halides is 3. The molecule has 2 aliphatic heterocycles. The van der Waals surface area contributed by atoms with Gasteiger partial charge in [0.15, 0.2) is 23.2 Å². The fourth-order valence-corrected chi connectivity index (χ4v) is 3.62. The van der Waals surface area contributed by atoms with Crippen LogP contribution in [0, 0.1) is 6.92 Å². The molecule has 3 N–H and O–H groups in total. The van der Waals surface area contributed by atoms with Gasteiger partial charge in [-0.1, -0.05) is 0 Å². The average Bonchev–Trinajstić information content (AvgIpc) is 3.22. The van der Waals surface area contributed by atoms with E-state index in [2.05, 4.69) is 25.0 Å². The third-order valence-corrected chi connectivity index (χ3v) is 5.12. The molecule has 4 heterocycles. The van der Waals surface area contributed by atoms with Crippen LogP contribution in [0.3, 0.4) is 0 Å². The second-order valence-electron chi connectivity index (χ2n) is 7.28. The molecule has 2 aliphatic rings. The van der Waals surface area contributed by atoms with Gasteiger partial charge in [-0.15, -0.1) is 13.2 Å². The van der Waals surface area contributed by atoms with Crippen molar-refractivity contribution in [3.05, 3.63) is 12.2 Å². The molecule has 0 aromatic carbocycles. The fourth-order valence-electron chi connectivity index (χ4n) is 3.62. The van der Waals surface area contributed by atoms with E-state index >= 15 is 0 Å². The predicted molar refractivity (Wildman–Crippen MR) is 95.5 cm³/mol. The van der Waals surface area contributed by atoms with E-state index in [0.29, 0.717) is 36.0 Å². The summed E-state index contributed by atoms with van der Waals surface area (Å²) in [6, 6.07) is 0.153. The Morgan fingerprint density at radius 2 is 1.97 bits per heavy atom. The van der Waals surface area contributed by atoms with Gasteiger partial charge in [-0.3, -0.25) is 9.30 Å². The van der Waals surface area contributed by atoms with Crippen LogP contribution >= 0.6 is 0 Å². The molecule has 0 spiro atoms. The van der Waals surface area contributed by atoms with Gasteiger partial charge in [-0.2, -0.15) is 0 Å². The van der Waals surface area contributed by atoms with Gasteiger partial charge in [0.1, 0.15) is 24.1 Å². The first-order valence-corrected chi connectivity index (χ1v) is 9.50. The fraction of sp³-hybridized carbons (Fsp3) is 0.706. The van der Waals surface area contributed by atoms with Crippen molar-refractivity contribution in [2.24, 2.45) is 0 Å². The smallest absolute Gasteiger partial charge is 0.387 e. The summed E-state index contributed by atoms with van der Waals surface area (Å²) in [7, 11) is 0. The first-order chi connectivity index (χ1) is 14.2. The molecule has 4 atom stereocenters. The molecule has 2 saturated heterocycles. The van der Waals surface area contributed by atoms with Crippen molar-refractivity contribution < 1.29 is 37.6 Å². The van der Waals surface area contributed by atoms with Crippen LogP contribution < -0.4 is 5.32 Å². The quantitative estimate of drug-likeness (QED) is 0.630. The highest BCUT2D eigenvalue weighted by atomic mass is 19.4. The summed E-state index contributed by atoms with van der Waals surface area (Å²) in [4.78, 5) is 13.0. The Morgan fingerprint density at radius 1 is 1.23 bits per heavy atom. The molecule has 0 aliphatic carbocycles. The zero-order valence-electron chi connectivity index (χ0n) is 16.0. The summed E-state index contributed by atoms with van der Waals surface area (Å²) in [5.41, 5.74) is 0.748. The maximum absolute atomic E-state index is 12.3. The molecule has 13 heteroatoms. The molecule has 10 nitrogen and oxygen atoms in total. The Morgan fingerprint density at radius 3 is 2.67 bits per heavy atom. The van der Waals surface area contributed by atoms with Crippen molar-refractivity contribution in [3.8, 4) is 0 Å². The van der Waals surface area contributed by atoms with E-state index in [0.717, 1.165) is 12.8 Å². The Hall–Kier alpha value is -2.06. The SMILES string of the molecule is Cc1nc(NC2CCOCC2)c2ncn([C@@H]3O[C@H](COC(F)(F)F)[C@@H](O)[C@H]3O)c2n1. The zero-order valence-corrected chi connectivity index (χ0v) is 16.0. The Balaban J connectivity index is 1.58. The van der Waals surface area contributed by atoms with Crippen LogP contribution in [0.25, 0.3) is 11.2 Å². The number of ether oxygens (including phenoxy) is 3. The topological polar surface area (TPSA) is 124 Å². The number of aromatic nitrogens is 4. The molecule has 166 valence electrons. The highest BCUT2D eigenvalue weighted by Gasteiger charge is 2.46. The van der Waals surface area contributed by atoms with Gasteiger partial charge in [-0.05, 0) is 19.8 Å². The summed E-state index contributed by atoms with van der Waals surface area (Å²) in [6.07, 6.45) is -7.52. The molecule has 0 saturated carbocycles. The predicted octanol–water partition coefficient (Wildman–Crippen LogP) is 0.881. The van der Waals surface area contributed by atoms with Crippen molar-refractivity contribution >= 4 is 17.0 Å². The maximum atomic E-state index is 12.3. The number of imidazole rings is 1. The van der Waals surface area contributed by atoms with Gasteiger partial charge in [0.2, 0.25) is 0 Å². The van der Waals surface area contributed by atoms with Gasteiger partial charge < -0.3 is 25.0 Å². The molecular weight excluding hydrogens is 411 g/mol. The van der Waals surface area contributed by atoms with E-state index in [1.807, 2.05) is 0 Å². The van der Waals surface area contributed by atoms with Gasteiger partial charge in [0, 0.05) is 19.3 Å². The Kier molecular flexibility index (Phi) is 5.81. The second-order valence-corrected chi connectivity index (χ2v) is 7.28. The van der Waals surface area contributed by atoms with Crippen molar-refractivity contribution in [2.45, 2.75) is 56.7 Å². The van der Waals surface area contributed by atoms with Crippen LogP contribution in [-0.4, -0.2) is 80.3 Å². The van der Waals surface area contributed by atoms with Gasteiger partial charge >= 0.3 is 6.36 Å². The van der Waals surface area contributed by atoms with Gasteiger partial charge in [0.05, 0.1) is 12.9 Å². The number of halogens is 3. The van der Waals surface area contributed by atoms with E-state index in [1.165, 1.54) is 10.9 Å². The normalized spacial score (nSPS) is 28.3. The first kappa shape index (κ1) is 21.2. The van der Waals surface area contributed by atoms with E-state index in [-0.39, 0.29) is 6.04 Å². The van der Waals surface area contributed by atoms with Crippen LogP contribution in [0.15, 0.2) is 6.33 Å². The number of anilines is 1. The molecule has 0 radical (unpaired) electrons. The summed E-state index contributed by atoms with van der Waals surface area (Å²) < 4.78 is 52.9. The van der Waals surface area contributed by atoms with Crippen LogP contribution in [0.2, 0.25) is 0 Å². The second kappa shape index (κ2) is 8.23. The van der Waals surface area contributed by atoms with E-state index in [1.54, 1.807) is 6.92 Å². The highest BCUT2D eigenvalue weighted by Crippen LogP contribution is 2.33. The van der Waals surface area contributed by atoms with Gasteiger partial charge in [-0.25, -0.2) is 15.0 Å². The molecule has 4 rings (SSSR count). The largest absolute Gasteiger partial charge is 0.522 e. The molecule has 30 heavy (non-hydrogen) atoms. The number of aliphatic hydroxyl groups excluding tert-OH is 2. The summed E-state index contributed by atoms with van der Waals surface area (Å²) >= 11 is 0. The van der Waals surface area contributed by atoms with Crippen molar-refractivity contribution in [1.82, 2.24) is 19.5 Å². The highest BCUT2D eigenvalue weighted by molar-refractivity contribution is 5.83. The number of nitrogens with zero attached hydrogens (tertiary/aromatic N) is 4. The number of aliphatic hydroxyl groups is 2. The molecule has 0 amide bonds. The number of rotatable bonds is 5. The van der Waals surface area contributed by atoms with Crippen LogP contribution in [0.5, 0.6) is 0 Å². The lowest BCUT2D eigenvalue weighted by Crippen LogP contribution is -2.35. The molecule has 0 unspecified atom stereocenters. The lowest BCUT2D eigenvalue weighted by molar-refractivity contribution is -0.333. The third-order valence-electron chi connectivity index (χ3n) is 5.12. The van der Waals surface area contributed by atoms with E-state index in [9.17, 15) is 23.4 Å². The number of hydrogen-bond acceptors (Lipinski definition) is 9. The number of nitrogens with one attached hydrogen (secondary N) is 1. The van der Waals surface area contributed by atoms with Crippen LogP contribution in [0.1, 0.15) is 24.9 Å². The zero-order chi connectivity index (χ0) is 21.5. The molecule has 2 fully saturated rings. The molecule has 2 aromatic rings. The van der Waals surface area contributed by atoms with Crippen molar-refractivity contribution in [3.63, 3.8) is 0 Å². The van der Waals surface area contributed by atoms with E-state index in [4.69, 9.17) is 9.47 Å². The van der Waals surface area contributed by atoms with Crippen molar-refractivity contribution in [2.75, 3.05) is 25.1 Å². The Labute approximate surface area is 169 Å². The minimum Gasteiger partial charge on any atom is -0.387 e. The average molecular weight is 433 g/mol. The number of hydrogen-bond donors (Lipinski definition) is 3. The minimum absolute atomic E-state index is 0.153. The lowest BCUT2D eigenvalue weighted by atomic mass is 10.1. The maximum Gasteiger partial charge on any atom is 0.522 e. The lowest BCUT2D eigenvalue weighted by Gasteiger charge is -2.23. The monoisotopic (exact) mass is 433 g/mol. The standard InChI is InChI=1S/C17H22F3N5O5/c1-8-22-14(24-9-2-4-28-5-3-9)11-15(23-8)25(7-21-11)16-13(27)12(26)10(30-16)6-29-17(18,19)20/h7,9-10,12-13,16,26-27H,2-6H2,1H3,(H,22,23,24)/t10-,12-,13-,16-/m1/s1. The molecule has 0 bridgehead atoms. The third kappa shape index (κ3) is 4.34. The number of fused-ring (bicyclic) bond motifs is 1. The minimum atomic E-state index is -4.87. The summed E-state index contributed by atoms with van der Waals surface area (Å²) in [5.74, 6) is 0.942. The molecular formula is C17H22F3N5O5. The molecule has 2 aromatic heterocycles.